The summed E-state index contributed by atoms with van der Waals surface area (Å²) in [5.41, 5.74) is 7.71. The molecule has 0 aliphatic heterocycles. The first-order chi connectivity index (χ1) is 12.8. The number of hydrogen-bond acceptors (Lipinski definition) is 4. The van der Waals surface area contributed by atoms with Gasteiger partial charge in [-0.05, 0) is 41.8 Å². The predicted octanol–water partition coefficient (Wildman–Crippen LogP) is 1.71. The molecule has 0 aliphatic rings. The van der Waals surface area contributed by atoms with Crippen LogP contribution in [0.25, 0.3) is 0 Å². The molecule has 0 saturated carbocycles. The van der Waals surface area contributed by atoms with Crippen LogP contribution in [-0.2, 0) is 22.8 Å². The number of halogens is 1. The van der Waals surface area contributed by atoms with Crippen molar-refractivity contribution in [1.82, 2.24) is 10.6 Å². The Morgan fingerprint density at radius 1 is 1.07 bits per heavy atom. The van der Waals surface area contributed by atoms with Crippen molar-refractivity contribution in [2.24, 2.45) is 10.7 Å². The second-order valence-electron chi connectivity index (χ2n) is 6.08. The second-order valence-corrected chi connectivity index (χ2v) is 8.10. The quantitative estimate of drug-likeness (QED) is 0.295. The van der Waals surface area contributed by atoms with E-state index in [0.717, 1.165) is 17.5 Å². The molecule has 0 heterocycles. The van der Waals surface area contributed by atoms with Gasteiger partial charge in [0.25, 0.3) is 0 Å². The maximum atomic E-state index is 11.5. The molecule has 4 N–H and O–H groups in total. The van der Waals surface area contributed by atoms with E-state index in [-0.39, 0.29) is 24.0 Å². The maximum absolute atomic E-state index is 11.5. The largest absolute Gasteiger partial charge is 0.366 e. The SMILES string of the molecule is CN=C(NCCc1ccc(S(C)(=O)=O)cc1)NCc1cccc(C(N)=O)c1.I. The summed E-state index contributed by atoms with van der Waals surface area (Å²) in [4.78, 5) is 15.7. The Balaban J connectivity index is 0.00000392. The molecule has 152 valence electrons. The number of benzene rings is 2. The monoisotopic (exact) mass is 516 g/mol. The van der Waals surface area contributed by atoms with E-state index in [1.807, 2.05) is 18.2 Å². The molecule has 2 rings (SSSR count). The highest BCUT2D eigenvalue weighted by Crippen LogP contribution is 2.10. The number of rotatable bonds is 7. The summed E-state index contributed by atoms with van der Waals surface area (Å²) in [5.74, 6) is 0.175. The van der Waals surface area contributed by atoms with Crippen LogP contribution in [0.15, 0.2) is 58.4 Å². The van der Waals surface area contributed by atoms with Crippen LogP contribution in [0.5, 0.6) is 0 Å². The van der Waals surface area contributed by atoms with E-state index in [9.17, 15) is 13.2 Å². The van der Waals surface area contributed by atoms with E-state index in [1.165, 1.54) is 6.26 Å². The maximum Gasteiger partial charge on any atom is 0.248 e. The molecule has 0 saturated heterocycles. The van der Waals surface area contributed by atoms with E-state index in [0.29, 0.717) is 29.5 Å². The third-order valence-electron chi connectivity index (χ3n) is 3.95. The third-order valence-corrected chi connectivity index (χ3v) is 5.08. The molecule has 28 heavy (non-hydrogen) atoms. The van der Waals surface area contributed by atoms with Crippen LogP contribution in [-0.4, -0.2) is 40.1 Å². The summed E-state index contributed by atoms with van der Waals surface area (Å²) in [6.45, 7) is 1.14. The van der Waals surface area contributed by atoms with Crippen LogP contribution in [0.3, 0.4) is 0 Å². The number of nitrogens with two attached hydrogens (primary N) is 1. The molecule has 0 radical (unpaired) electrons. The van der Waals surface area contributed by atoms with E-state index < -0.39 is 15.7 Å². The van der Waals surface area contributed by atoms with Crippen LogP contribution >= 0.6 is 24.0 Å². The van der Waals surface area contributed by atoms with Gasteiger partial charge >= 0.3 is 0 Å². The summed E-state index contributed by atoms with van der Waals surface area (Å²) in [6.07, 6.45) is 1.92. The lowest BCUT2D eigenvalue weighted by Crippen LogP contribution is -2.37. The van der Waals surface area contributed by atoms with Gasteiger partial charge in [0.15, 0.2) is 15.8 Å². The Hall–Kier alpha value is -2.14. The van der Waals surface area contributed by atoms with Crippen molar-refractivity contribution < 1.29 is 13.2 Å². The summed E-state index contributed by atoms with van der Waals surface area (Å²) in [5, 5.41) is 6.37. The van der Waals surface area contributed by atoms with Gasteiger partial charge in [0.1, 0.15) is 0 Å². The average Bonchev–Trinajstić information content (AvgIpc) is 2.64. The summed E-state index contributed by atoms with van der Waals surface area (Å²) >= 11 is 0. The molecule has 0 aromatic heterocycles. The second kappa shape index (κ2) is 11.0. The van der Waals surface area contributed by atoms with Crippen molar-refractivity contribution in [3.05, 3.63) is 65.2 Å². The first kappa shape index (κ1) is 23.9. The summed E-state index contributed by atoms with van der Waals surface area (Å²) < 4.78 is 22.9. The van der Waals surface area contributed by atoms with E-state index in [1.54, 1.807) is 37.4 Å². The van der Waals surface area contributed by atoms with Gasteiger partial charge in [-0.25, -0.2) is 8.42 Å². The Kier molecular flexibility index (Phi) is 9.39. The molecule has 2 aromatic rings. The van der Waals surface area contributed by atoms with Gasteiger partial charge < -0.3 is 16.4 Å². The lowest BCUT2D eigenvalue weighted by atomic mass is 10.1. The summed E-state index contributed by atoms with van der Waals surface area (Å²) in [6, 6.07) is 13.9. The molecule has 0 fully saturated rings. The smallest absolute Gasteiger partial charge is 0.248 e. The van der Waals surface area contributed by atoms with Gasteiger partial charge in [-0.15, -0.1) is 24.0 Å². The Morgan fingerprint density at radius 3 is 2.32 bits per heavy atom. The van der Waals surface area contributed by atoms with Crippen LogP contribution in [0.1, 0.15) is 21.5 Å². The number of primary amides is 1. The van der Waals surface area contributed by atoms with E-state index in [2.05, 4.69) is 15.6 Å². The Labute approximate surface area is 182 Å². The highest BCUT2D eigenvalue weighted by Gasteiger charge is 2.06. The molecular weight excluding hydrogens is 491 g/mol. The van der Waals surface area contributed by atoms with Crippen molar-refractivity contribution in [3.63, 3.8) is 0 Å². The fourth-order valence-corrected chi connectivity index (χ4v) is 3.10. The molecule has 9 heteroatoms. The van der Waals surface area contributed by atoms with Gasteiger partial charge in [-0.2, -0.15) is 0 Å². The zero-order chi connectivity index (χ0) is 19.9. The number of carbonyl (C=O) groups excluding carboxylic acids is 1. The van der Waals surface area contributed by atoms with Crippen LogP contribution < -0.4 is 16.4 Å². The van der Waals surface area contributed by atoms with Crippen LogP contribution in [0, 0.1) is 0 Å². The van der Waals surface area contributed by atoms with Crippen molar-refractivity contribution in [2.75, 3.05) is 19.8 Å². The van der Waals surface area contributed by atoms with Gasteiger partial charge in [-0.3, -0.25) is 9.79 Å². The highest BCUT2D eigenvalue weighted by molar-refractivity contribution is 14.0. The van der Waals surface area contributed by atoms with Crippen LogP contribution in [0.2, 0.25) is 0 Å². The minimum absolute atomic E-state index is 0. The van der Waals surface area contributed by atoms with Crippen molar-refractivity contribution in [1.29, 1.82) is 0 Å². The number of carbonyl (C=O) groups is 1. The number of nitrogens with one attached hydrogen (secondary N) is 2. The first-order valence-corrected chi connectivity index (χ1v) is 10.3. The topological polar surface area (TPSA) is 114 Å². The van der Waals surface area contributed by atoms with E-state index >= 15 is 0 Å². The normalized spacial score (nSPS) is 11.4. The minimum atomic E-state index is -3.17. The van der Waals surface area contributed by atoms with Gasteiger partial charge in [-0.1, -0.05) is 24.3 Å². The van der Waals surface area contributed by atoms with E-state index in [4.69, 9.17) is 5.73 Å². The first-order valence-electron chi connectivity index (χ1n) is 8.42. The molecule has 7 nitrogen and oxygen atoms in total. The Morgan fingerprint density at radius 2 is 1.75 bits per heavy atom. The molecule has 0 aliphatic carbocycles. The standard InChI is InChI=1S/C19H24N4O3S.HI/c1-21-19(23-13-15-4-3-5-16(12-15)18(20)24)22-11-10-14-6-8-17(9-7-14)27(2,25)26;/h3-9,12H,10-11,13H2,1-2H3,(H2,20,24)(H2,21,22,23);1H. The minimum Gasteiger partial charge on any atom is -0.366 e. The fraction of sp³-hybridized carbons (Fsp3) is 0.263. The van der Waals surface area contributed by atoms with Gasteiger partial charge in [0, 0.05) is 32.0 Å². The van der Waals surface area contributed by atoms with Gasteiger partial charge in [0.2, 0.25) is 5.91 Å². The molecule has 0 unspecified atom stereocenters. The lowest BCUT2D eigenvalue weighted by molar-refractivity contribution is 0.1000. The summed E-state index contributed by atoms with van der Waals surface area (Å²) in [7, 11) is -1.50. The van der Waals surface area contributed by atoms with Crippen molar-refractivity contribution >= 4 is 45.7 Å². The third kappa shape index (κ3) is 7.47. The van der Waals surface area contributed by atoms with Crippen molar-refractivity contribution in [3.8, 4) is 0 Å². The Bertz CT molecular complexity index is 928. The zero-order valence-corrected chi connectivity index (χ0v) is 19.0. The highest BCUT2D eigenvalue weighted by atomic mass is 127. The molecule has 0 atom stereocenters. The molecular formula is C19H25IN4O3S. The van der Waals surface area contributed by atoms with Gasteiger partial charge in [0.05, 0.1) is 4.90 Å². The molecule has 2 aromatic carbocycles. The molecule has 1 amide bonds. The number of guanidine groups is 1. The number of hydrogen-bond donors (Lipinski definition) is 3. The molecule has 0 spiro atoms. The number of aliphatic imine (C=N–C) groups is 1. The number of sulfone groups is 1. The number of nitrogens with zero attached hydrogens (tertiary/aromatic N) is 1. The van der Waals surface area contributed by atoms with Crippen LogP contribution in [0.4, 0.5) is 0 Å². The zero-order valence-electron chi connectivity index (χ0n) is 15.8. The van der Waals surface area contributed by atoms with Crippen molar-refractivity contribution in [2.45, 2.75) is 17.9 Å². The lowest BCUT2D eigenvalue weighted by Gasteiger charge is -2.12. The number of amides is 1. The fourth-order valence-electron chi connectivity index (χ4n) is 2.47. The molecule has 0 bridgehead atoms. The average molecular weight is 516 g/mol. The predicted molar refractivity (Wildman–Crippen MR) is 122 cm³/mol.